The van der Waals surface area contributed by atoms with E-state index in [-0.39, 0.29) is 24.5 Å². The Balaban J connectivity index is 1.70. The summed E-state index contributed by atoms with van der Waals surface area (Å²) in [7, 11) is 1.66. The van der Waals surface area contributed by atoms with Gasteiger partial charge in [-0.1, -0.05) is 12.1 Å². The molecular formula is C20H23FN4O3. The van der Waals surface area contributed by atoms with Gasteiger partial charge >= 0.3 is 12.1 Å². The third-order valence-electron chi connectivity index (χ3n) is 4.41. The zero-order valence-corrected chi connectivity index (χ0v) is 15.9. The summed E-state index contributed by atoms with van der Waals surface area (Å²) in [6, 6.07) is 10.8. The molecule has 0 aliphatic carbocycles. The number of anilines is 2. The monoisotopic (exact) mass is 386 g/mol. The Morgan fingerprint density at radius 3 is 2.86 bits per heavy atom. The molecule has 3 rings (SSSR count). The van der Waals surface area contributed by atoms with E-state index in [2.05, 4.69) is 10.6 Å². The fraction of sp³-hybridized carbons (Fsp3) is 0.300. The minimum Gasteiger partial charge on any atom is -0.491 e. The Morgan fingerprint density at radius 2 is 2.07 bits per heavy atom. The third-order valence-corrected chi connectivity index (χ3v) is 4.41. The minimum atomic E-state index is -0.371. The standard InChI is InChI=1S/C20H23FN4O3/c1-3-22-19(26)24(2)17-6-4-5-16(12-17)23-20(27)25-9-10-28-18-11-15(21)8-7-14(18)13-25/h4-8,11-12H,3,9-10,13H2,1-2H3,(H,22,26)(H,23,27). The average molecular weight is 386 g/mol. The van der Waals surface area contributed by atoms with Gasteiger partial charge in [-0.15, -0.1) is 0 Å². The quantitative estimate of drug-likeness (QED) is 0.849. The second-order valence-electron chi connectivity index (χ2n) is 6.40. The van der Waals surface area contributed by atoms with E-state index < -0.39 is 0 Å². The zero-order chi connectivity index (χ0) is 20.1. The second kappa shape index (κ2) is 8.60. The van der Waals surface area contributed by atoms with Crippen molar-refractivity contribution in [3.8, 4) is 5.75 Å². The summed E-state index contributed by atoms with van der Waals surface area (Å²) in [6.07, 6.45) is 0. The van der Waals surface area contributed by atoms with Crippen molar-refractivity contribution in [3.05, 3.63) is 53.8 Å². The number of carbonyl (C=O) groups excluding carboxylic acids is 2. The van der Waals surface area contributed by atoms with E-state index >= 15 is 0 Å². The average Bonchev–Trinajstić information content (AvgIpc) is 2.90. The van der Waals surface area contributed by atoms with Crippen LogP contribution in [0.15, 0.2) is 42.5 Å². The Bertz CT molecular complexity index is 874. The number of hydrogen-bond acceptors (Lipinski definition) is 3. The first kappa shape index (κ1) is 19.5. The first-order valence-corrected chi connectivity index (χ1v) is 9.06. The van der Waals surface area contributed by atoms with Gasteiger partial charge in [0, 0.05) is 36.6 Å². The van der Waals surface area contributed by atoms with Crippen LogP contribution in [-0.4, -0.2) is 43.7 Å². The maximum Gasteiger partial charge on any atom is 0.322 e. The van der Waals surface area contributed by atoms with Crippen LogP contribution in [0.1, 0.15) is 12.5 Å². The van der Waals surface area contributed by atoms with Crippen molar-refractivity contribution < 1.29 is 18.7 Å². The van der Waals surface area contributed by atoms with Gasteiger partial charge in [0.25, 0.3) is 0 Å². The summed E-state index contributed by atoms with van der Waals surface area (Å²) >= 11 is 0. The van der Waals surface area contributed by atoms with Crippen molar-refractivity contribution in [2.45, 2.75) is 13.5 Å². The highest BCUT2D eigenvalue weighted by atomic mass is 19.1. The molecule has 4 amide bonds. The Labute approximate surface area is 163 Å². The number of ether oxygens (including phenoxy) is 1. The fourth-order valence-corrected chi connectivity index (χ4v) is 2.90. The van der Waals surface area contributed by atoms with Crippen molar-refractivity contribution in [2.24, 2.45) is 0 Å². The summed E-state index contributed by atoms with van der Waals surface area (Å²) in [5, 5.41) is 5.57. The van der Waals surface area contributed by atoms with Crippen LogP contribution >= 0.6 is 0 Å². The van der Waals surface area contributed by atoms with E-state index in [4.69, 9.17) is 4.74 Å². The summed E-state index contributed by atoms with van der Waals surface area (Å²) in [5.74, 6) is 0.0885. The third kappa shape index (κ3) is 4.51. The van der Waals surface area contributed by atoms with Gasteiger partial charge in [0.1, 0.15) is 18.2 Å². The molecule has 0 radical (unpaired) electrons. The van der Waals surface area contributed by atoms with E-state index in [0.29, 0.717) is 36.8 Å². The van der Waals surface area contributed by atoms with Crippen LogP contribution in [0.4, 0.5) is 25.4 Å². The van der Waals surface area contributed by atoms with Gasteiger partial charge in [0.05, 0.1) is 13.1 Å². The largest absolute Gasteiger partial charge is 0.491 e. The molecule has 0 saturated carbocycles. The normalized spacial score (nSPS) is 13.0. The molecule has 28 heavy (non-hydrogen) atoms. The lowest BCUT2D eigenvalue weighted by atomic mass is 10.2. The smallest absolute Gasteiger partial charge is 0.322 e. The molecule has 1 heterocycles. The predicted molar refractivity (Wildman–Crippen MR) is 105 cm³/mol. The number of urea groups is 2. The molecule has 2 aromatic rings. The summed E-state index contributed by atoms with van der Waals surface area (Å²) in [5.41, 5.74) is 1.98. The van der Waals surface area contributed by atoms with Gasteiger partial charge in [-0.05, 0) is 31.2 Å². The van der Waals surface area contributed by atoms with E-state index in [1.165, 1.54) is 17.0 Å². The molecule has 0 saturated heterocycles. The molecule has 1 aliphatic rings. The number of benzene rings is 2. The first-order valence-electron chi connectivity index (χ1n) is 9.06. The van der Waals surface area contributed by atoms with Crippen LogP contribution in [0.5, 0.6) is 5.75 Å². The topological polar surface area (TPSA) is 73.9 Å². The minimum absolute atomic E-state index is 0.223. The molecule has 0 unspecified atom stereocenters. The number of rotatable bonds is 3. The maximum absolute atomic E-state index is 13.4. The molecule has 8 heteroatoms. The molecular weight excluding hydrogens is 363 g/mol. The number of hydrogen-bond donors (Lipinski definition) is 2. The number of amides is 4. The zero-order valence-electron chi connectivity index (χ0n) is 15.9. The van der Waals surface area contributed by atoms with Crippen LogP contribution in [0.3, 0.4) is 0 Å². The van der Waals surface area contributed by atoms with Crippen molar-refractivity contribution >= 4 is 23.4 Å². The Hall–Kier alpha value is -3.29. The van der Waals surface area contributed by atoms with E-state index in [1.807, 2.05) is 6.92 Å². The van der Waals surface area contributed by atoms with Gasteiger partial charge in [0.2, 0.25) is 0 Å². The van der Waals surface area contributed by atoms with Crippen molar-refractivity contribution in [3.63, 3.8) is 0 Å². The van der Waals surface area contributed by atoms with Crippen LogP contribution < -0.4 is 20.3 Å². The molecule has 148 valence electrons. The van der Waals surface area contributed by atoms with Gasteiger partial charge in [0.15, 0.2) is 0 Å². The lowest BCUT2D eigenvalue weighted by molar-refractivity contribution is 0.200. The van der Waals surface area contributed by atoms with E-state index in [0.717, 1.165) is 5.56 Å². The molecule has 2 N–H and O–H groups in total. The number of nitrogens with one attached hydrogen (secondary N) is 2. The van der Waals surface area contributed by atoms with Crippen molar-refractivity contribution in [1.29, 1.82) is 0 Å². The molecule has 7 nitrogen and oxygen atoms in total. The van der Waals surface area contributed by atoms with Crippen LogP contribution in [-0.2, 0) is 6.54 Å². The maximum atomic E-state index is 13.4. The highest BCUT2D eigenvalue weighted by Gasteiger charge is 2.20. The highest BCUT2D eigenvalue weighted by molar-refractivity contribution is 5.94. The molecule has 0 aromatic heterocycles. The molecule has 0 spiro atoms. The Morgan fingerprint density at radius 1 is 1.25 bits per heavy atom. The molecule has 0 atom stereocenters. The second-order valence-corrected chi connectivity index (χ2v) is 6.40. The van der Waals surface area contributed by atoms with Crippen LogP contribution in [0.2, 0.25) is 0 Å². The van der Waals surface area contributed by atoms with Gasteiger partial charge < -0.3 is 20.3 Å². The number of nitrogens with zero attached hydrogens (tertiary/aromatic N) is 2. The van der Waals surface area contributed by atoms with Crippen LogP contribution in [0, 0.1) is 5.82 Å². The lowest BCUT2D eigenvalue weighted by Gasteiger charge is -2.22. The number of fused-ring (bicyclic) bond motifs is 1. The van der Waals surface area contributed by atoms with Gasteiger partial charge in [-0.2, -0.15) is 0 Å². The molecule has 1 aliphatic heterocycles. The molecule has 2 aromatic carbocycles. The highest BCUT2D eigenvalue weighted by Crippen LogP contribution is 2.25. The number of carbonyl (C=O) groups is 2. The number of halogens is 1. The van der Waals surface area contributed by atoms with Gasteiger partial charge in [-0.25, -0.2) is 14.0 Å². The summed E-state index contributed by atoms with van der Waals surface area (Å²) < 4.78 is 18.9. The van der Waals surface area contributed by atoms with Crippen molar-refractivity contribution in [1.82, 2.24) is 10.2 Å². The van der Waals surface area contributed by atoms with E-state index in [1.54, 1.807) is 42.3 Å². The van der Waals surface area contributed by atoms with Crippen LogP contribution in [0.25, 0.3) is 0 Å². The molecule has 0 fully saturated rings. The summed E-state index contributed by atoms with van der Waals surface area (Å²) in [4.78, 5) is 27.8. The van der Waals surface area contributed by atoms with Gasteiger partial charge in [-0.3, -0.25) is 4.90 Å². The molecule has 0 bridgehead atoms. The SMILES string of the molecule is CCNC(=O)N(C)c1cccc(NC(=O)N2CCOc3cc(F)ccc3C2)c1. The predicted octanol–water partition coefficient (Wildman–Crippen LogP) is 3.42. The van der Waals surface area contributed by atoms with E-state index in [9.17, 15) is 14.0 Å². The van der Waals surface area contributed by atoms with Crippen molar-refractivity contribution in [2.75, 3.05) is 37.0 Å². The lowest BCUT2D eigenvalue weighted by Crippen LogP contribution is -2.37. The Kier molecular flexibility index (Phi) is 5.98. The summed E-state index contributed by atoms with van der Waals surface area (Å²) in [6.45, 7) is 3.35. The first-order chi connectivity index (χ1) is 13.5. The fourth-order valence-electron chi connectivity index (χ4n) is 2.90.